The van der Waals surface area contributed by atoms with Crippen LogP contribution >= 0.6 is 0 Å². The average Bonchev–Trinajstić information content (AvgIpc) is 2.45. The molecule has 0 aromatic carbocycles. The molecule has 2 atom stereocenters. The SMILES string of the molecule is CC1OCCCC1C(=O)N(CC(F)(F)F)c1ccccn1. The molecule has 7 heteroatoms. The Bertz CT molecular complexity index is 479. The number of anilines is 1. The number of hydrogen-bond acceptors (Lipinski definition) is 3. The van der Waals surface area contributed by atoms with Crippen LogP contribution in [0.25, 0.3) is 0 Å². The van der Waals surface area contributed by atoms with Crippen molar-refractivity contribution in [2.45, 2.75) is 32.0 Å². The van der Waals surface area contributed by atoms with Gasteiger partial charge in [0.25, 0.3) is 0 Å². The number of carbonyl (C=O) groups excluding carboxylic acids is 1. The minimum Gasteiger partial charge on any atom is -0.378 e. The first-order chi connectivity index (χ1) is 9.88. The van der Waals surface area contributed by atoms with Gasteiger partial charge in [-0.15, -0.1) is 0 Å². The molecule has 0 spiro atoms. The first-order valence-electron chi connectivity index (χ1n) is 6.79. The van der Waals surface area contributed by atoms with Crippen molar-refractivity contribution in [2.75, 3.05) is 18.1 Å². The zero-order valence-electron chi connectivity index (χ0n) is 11.6. The highest BCUT2D eigenvalue weighted by molar-refractivity contribution is 5.94. The van der Waals surface area contributed by atoms with Gasteiger partial charge in [-0.05, 0) is 31.9 Å². The van der Waals surface area contributed by atoms with E-state index >= 15 is 0 Å². The van der Waals surface area contributed by atoms with Crippen molar-refractivity contribution in [3.8, 4) is 0 Å². The zero-order chi connectivity index (χ0) is 15.5. The average molecular weight is 302 g/mol. The largest absolute Gasteiger partial charge is 0.406 e. The number of carbonyl (C=O) groups is 1. The second-order valence-corrected chi connectivity index (χ2v) is 5.05. The number of rotatable bonds is 3. The Hall–Kier alpha value is -1.63. The maximum atomic E-state index is 12.8. The summed E-state index contributed by atoms with van der Waals surface area (Å²) in [5.74, 6) is -1.14. The van der Waals surface area contributed by atoms with E-state index in [0.717, 1.165) is 0 Å². The van der Waals surface area contributed by atoms with Crippen LogP contribution in [0.1, 0.15) is 19.8 Å². The van der Waals surface area contributed by atoms with Gasteiger partial charge in [0.2, 0.25) is 5.91 Å². The van der Waals surface area contributed by atoms with Crippen LogP contribution in [-0.4, -0.2) is 36.3 Å². The number of aromatic nitrogens is 1. The van der Waals surface area contributed by atoms with Gasteiger partial charge in [0.05, 0.1) is 12.0 Å². The summed E-state index contributed by atoms with van der Waals surface area (Å²) >= 11 is 0. The van der Waals surface area contributed by atoms with Crippen molar-refractivity contribution in [1.29, 1.82) is 0 Å². The molecule has 1 amide bonds. The molecule has 0 aliphatic carbocycles. The Labute approximate surface area is 120 Å². The van der Waals surface area contributed by atoms with Crippen molar-refractivity contribution in [3.63, 3.8) is 0 Å². The van der Waals surface area contributed by atoms with Crippen LogP contribution in [0.15, 0.2) is 24.4 Å². The summed E-state index contributed by atoms with van der Waals surface area (Å²) in [6.07, 6.45) is -2.30. The number of hydrogen-bond donors (Lipinski definition) is 0. The Morgan fingerprint density at radius 2 is 2.24 bits per heavy atom. The van der Waals surface area contributed by atoms with Crippen molar-refractivity contribution in [2.24, 2.45) is 5.92 Å². The van der Waals surface area contributed by atoms with Gasteiger partial charge in [0.1, 0.15) is 12.4 Å². The van der Waals surface area contributed by atoms with Crippen molar-refractivity contribution in [1.82, 2.24) is 4.98 Å². The molecule has 0 N–H and O–H groups in total. The lowest BCUT2D eigenvalue weighted by Gasteiger charge is -2.33. The zero-order valence-corrected chi connectivity index (χ0v) is 11.6. The van der Waals surface area contributed by atoms with E-state index in [1.54, 1.807) is 19.1 Å². The summed E-state index contributed by atoms with van der Waals surface area (Å²) in [5, 5.41) is 0. The third kappa shape index (κ3) is 4.17. The monoisotopic (exact) mass is 302 g/mol. The summed E-state index contributed by atoms with van der Waals surface area (Å²) in [5.41, 5.74) is 0. The fourth-order valence-electron chi connectivity index (χ4n) is 2.41. The Kier molecular flexibility index (Phi) is 4.82. The predicted molar refractivity (Wildman–Crippen MR) is 70.8 cm³/mol. The van der Waals surface area contributed by atoms with E-state index in [4.69, 9.17) is 4.74 Å². The lowest BCUT2D eigenvalue weighted by Crippen LogP contribution is -2.47. The van der Waals surface area contributed by atoms with Gasteiger partial charge in [-0.2, -0.15) is 13.2 Å². The van der Waals surface area contributed by atoms with Gasteiger partial charge >= 0.3 is 6.18 Å². The highest BCUT2D eigenvalue weighted by Gasteiger charge is 2.39. The van der Waals surface area contributed by atoms with Crippen molar-refractivity contribution < 1.29 is 22.7 Å². The van der Waals surface area contributed by atoms with Crippen LogP contribution < -0.4 is 4.90 Å². The molecule has 0 saturated carbocycles. The predicted octanol–water partition coefficient (Wildman–Crippen LogP) is 2.79. The summed E-state index contributed by atoms with van der Waals surface area (Å²) in [4.78, 5) is 17.1. The second kappa shape index (κ2) is 6.43. The molecule has 1 aromatic rings. The molecule has 1 fully saturated rings. The summed E-state index contributed by atoms with van der Waals surface area (Å²) in [7, 11) is 0. The molecular weight excluding hydrogens is 285 g/mol. The molecule has 4 nitrogen and oxygen atoms in total. The van der Waals surface area contributed by atoms with E-state index in [2.05, 4.69) is 4.98 Å². The van der Waals surface area contributed by atoms with E-state index in [-0.39, 0.29) is 11.9 Å². The topological polar surface area (TPSA) is 42.4 Å². The number of nitrogens with zero attached hydrogens (tertiary/aromatic N) is 2. The highest BCUT2D eigenvalue weighted by atomic mass is 19.4. The van der Waals surface area contributed by atoms with Gasteiger partial charge in [-0.3, -0.25) is 9.69 Å². The molecule has 116 valence electrons. The number of pyridine rings is 1. The lowest BCUT2D eigenvalue weighted by atomic mass is 9.94. The summed E-state index contributed by atoms with van der Waals surface area (Å²) in [6, 6.07) is 4.55. The van der Waals surface area contributed by atoms with Crippen LogP contribution in [0.3, 0.4) is 0 Å². The van der Waals surface area contributed by atoms with Gasteiger partial charge < -0.3 is 4.74 Å². The van der Waals surface area contributed by atoms with Gasteiger partial charge in [-0.1, -0.05) is 6.07 Å². The quantitative estimate of drug-likeness (QED) is 0.862. The standard InChI is InChI=1S/C14H17F3N2O2/c1-10-11(5-4-8-21-10)13(20)19(9-14(15,16)17)12-6-2-3-7-18-12/h2-3,6-7,10-11H,4-5,8-9H2,1H3. The summed E-state index contributed by atoms with van der Waals surface area (Å²) in [6.45, 7) is 0.909. The van der Waals surface area contributed by atoms with Crippen LogP contribution in [-0.2, 0) is 9.53 Å². The van der Waals surface area contributed by atoms with Gasteiger partial charge in [0, 0.05) is 12.8 Å². The Morgan fingerprint density at radius 3 is 2.81 bits per heavy atom. The molecule has 2 heterocycles. The van der Waals surface area contributed by atoms with E-state index in [9.17, 15) is 18.0 Å². The molecule has 1 aromatic heterocycles. The molecule has 1 aliphatic rings. The maximum Gasteiger partial charge on any atom is 0.406 e. The van der Waals surface area contributed by atoms with E-state index in [1.165, 1.54) is 12.3 Å². The molecule has 1 saturated heterocycles. The number of ether oxygens (including phenoxy) is 1. The maximum absolute atomic E-state index is 12.8. The number of amides is 1. The first kappa shape index (κ1) is 15.8. The van der Waals surface area contributed by atoms with Gasteiger partial charge in [-0.25, -0.2) is 4.98 Å². The van der Waals surface area contributed by atoms with Gasteiger partial charge in [0.15, 0.2) is 0 Å². The Morgan fingerprint density at radius 1 is 1.48 bits per heavy atom. The van der Waals surface area contributed by atoms with Crippen molar-refractivity contribution >= 4 is 11.7 Å². The van der Waals surface area contributed by atoms with E-state index in [1.807, 2.05) is 0 Å². The van der Waals surface area contributed by atoms with Crippen LogP contribution in [0.4, 0.5) is 19.0 Å². The molecule has 0 radical (unpaired) electrons. The third-order valence-corrected chi connectivity index (χ3v) is 3.45. The second-order valence-electron chi connectivity index (χ2n) is 5.05. The number of halogens is 3. The molecule has 2 unspecified atom stereocenters. The number of alkyl halides is 3. The Balaban J connectivity index is 2.24. The smallest absolute Gasteiger partial charge is 0.378 e. The molecular formula is C14H17F3N2O2. The molecule has 21 heavy (non-hydrogen) atoms. The normalized spacial score (nSPS) is 22.9. The van der Waals surface area contributed by atoms with Crippen LogP contribution in [0.5, 0.6) is 0 Å². The fourth-order valence-corrected chi connectivity index (χ4v) is 2.41. The van der Waals surface area contributed by atoms with E-state index in [0.29, 0.717) is 24.3 Å². The summed E-state index contributed by atoms with van der Waals surface area (Å²) < 4.78 is 43.7. The molecule has 0 bridgehead atoms. The van der Waals surface area contributed by atoms with E-state index < -0.39 is 24.5 Å². The molecule has 1 aliphatic heterocycles. The van der Waals surface area contributed by atoms with Crippen LogP contribution in [0.2, 0.25) is 0 Å². The van der Waals surface area contributed by atoms with Crippen molar-refractivity contribution in [3.05, 3.63) is 24.4 Å². The first-order valence-corrected chi connectivity index (χ1v) is 6.79. The highest BCUT2D eigenvalue weighted by Crippen LogP contribution is 2.27. The minimum atomic E-state index is -4.48. The fraction of sp³-hybridized carbons (Fsp3) is 0.571. The third-order valence-electron chi connectivity index (χ3n) is 3.45. The lowest BCUT2D eigenvalue weighted by molar-refractivity contribution is -0.140. The molecule has 2 rings (SSSR count). The minimum absolute atomic E-state index is 0.0117. The van der Waals surface area contributed by atoms with Crippen LogP contribution in [0, 0.1) is 5.92 Å².